The lowest BCUT2D eigenvalue weighted by atomic mass is 10.2. The molecule has 7 nitrogen and oxygen atoms in total. The number of aromatic nitrogens is 3. The highest BCUT2D eigenvalue weighted by Gasteiger charge is 2.16. The number of sulfonamides is 1. The summed E-state index contributed by atoms with van der Waals surface area (Å²) in [4.78, 5) is 11.8. The van der Waals surface area contributed by atoms with E-state index in [0.29, 0.717) is 28.4 Å². The lowest BCUT2D eigenvalue weighted by Gasteiger charge is -2.08. The third-order valence-corrected chi connectivity index (χ3v) is 5.39. The Bertz CT molecular complexity index is 1190. The summed E-state index contributed by atoms with van der Waals surface area (Å²) in [5.74, 6) is 1.10. The summed E-state index contributed by atoms with van der Waals surface area (Å²) in [6.07, 6.45) is 1.40. The molecule has 0 bridgehead atoms. The first kappa shape index (κ1) is 17.0. The molecule has 4 aromatic rings. The Kier molecular flexibility index (Phi) is 4.25. The van der Waals surface area contributed by atoms with Gasteiger partial charge >= 0.3 is 0 Å². The maximum atomic E-state index is 12.7. The molecule has 0 radical (unpaired) electrons. The highest BCUT2D eigenvalue weighted by molar-refractivity contribution is 7.92. The maximum Gasteiger partial charge on any atom is 0.262 e. The second kappa shape index (κ2) is 6.73. The fraction of sp³-hybridized carbons (Fsp3) is 0.0526. The summed E-state index contributed by atoms with van der Waals surface area (Å²) in [6, 6.07) is 17.6. The topological polar surface area (TPSA) is 97.0 Å². The second-order valence-electron chi connectivity index (χ2n) is 5.83. The summed E-state index contributed by atoms with van der Waals surface area (Å²) in [5, 5.41) is 0. The SMILES string of the molecule is COc1ccc(NS(=O)(=O)c2ccc3nc(-c4ccccc4)[nH]c3c2)cn1. The lowest BCUT2D eigenvalue weighted by Crippen LogP contribution is -2.13. The number of aromatic amines is 1. The molecule has 2 heterocycles. The van der Waals surface area contributed by atoms with Crippen LogP contribution in [0.15, 0.2) is 71.8 Å². The Morgan fingerprint density at radius 1 is 1.04 bits per heavy atom. The van der Waals surface area contributed by atoms with Crippen LogP contribution in [0.1, 0.15) is 0 Å². The van der Waals surface area contributed by atoms with Crippen LogP contribution in [0.4, 0.5) is 5.69 Å². The minimum Gasteiger partial charge on any atom is -0.481 e. The van der Waals surface area contributed by atoms with Crippen LogP contribution >= 0.6 is 0 Å². The number of anilines is 1. The number of methoxy groups -OCH3 is 1. The van der Waals surface area contributed by atoms with Crippen molar-refractivity contribution in [3.63, 3.8) is 0 Å². The number of hydrogen-bond acceptors (Lipinski definition) is 5. The van der Waals surface area contributed by atoms with E-state index in [4.69, 9.17) is 4.74 Å². The van der Waals surface area contributed by atoms with Gasteiger partial charge in [-0.2, -0.15) is 0 Å². The van der Waals surface area contributed by atoms with E-state index in [-0.39, 0.29) is 4.90 Å². The number of benzene rings is 2. The third-order valence-electron chi connectivity index (χ3n) is 4.01. The third kappa shape index (κ3) is 3.47. The molecule has 0 aliphatic carbocycles. The van der Waals surface area contributed by atoms with Crippen LogP contribution in [0.2, 0.25) is 0 Å². The van der Waals surface area contributed by atoms with Crippen molar-refractivity contribution in [1.29, 1.82) is 0 Å². The number of nitrogens with zero attached hydrogens (tertiary/aromatic N) is 2. The summed E-state index contributed by atoms with van der Waals surface area (Å²) in [5.41, 5.74) is 2.62. The van der Waals surface area contributed by atoms with Crippen molar-refractivity contribution < 1.29 is 13.2 Å². The molecular formula is C19H16N4O3S. The van der Waals surface area contributed by atoms with E-state index in [1.807, 2.05) is 30.3 Å². The average molecular weight is 380 g/mol. The number of nitrogens with one attached hydrogen (secondary N) is 2. The summed E-state index contributed by atoms with van der Waals surface area (Å²) >= 11 is 0. The number of rotatable bonds is 5. The van der Waals surface area contributed by atoms with Crippen LogP contribution < -0.4 is 9.46 Å². The molecule has 0 spiro atoms. The molecule has 2 N–H and O–H groups in total. The van der Waals surface area contributed by atoms with Gasteiger partial charge in [-0.05, 0) is 24.3 Å². The maximum absolute atomic E-state index is 12.7. The monoisotopic (exact) mass is 380 g/mol. The Morgan fingerprint density at radius 3 is 2.56 bits per heavy atom. The minimum absolute atomic E-state index is 0.133. The molecule has 136 valence electrons. The van der Waals surface area contributed by atoms with Crippen LogP contribution in [0.25, 0.3) is 22.4 Å². The highest BCUT2D eigenvalue weighted by atomic mass is 32.2. The van der Waals surface area contributed by atoms with Crippen molar-refractivity contribution in [3.05, 3.63) is 66.9 Å². The van der Waals surface area contributed by atoms with Crippen LogP contribution in [0.5, 0.6) is 5.88 Å². The molecule has 0 unspecified atom stereocenters. The zero-order valence-electron chi connectivity index (χ0n) is 14.4. The van der Waals surface area contributed by atoms with Gasteiger partial charge in [0.15, 0.2) is 0 Å². The number of H-pyrrole nitrogens is 1. The minimum atomic E-state index is -3.76. The molecule has 0 aliphatic heterocycles. The molecule has 0 fully saturated rings. The molecule has 0 amide bonds. The van der Waals surface area contributed by atoms with Gasteiger partial charge in [-0.3, -0.25) is 4.72 Å². The van der Waals surface area contributed by atoms with Gasteiger partial charge < -0.3 is 9.72 Å². The summed E-state index contributed by atoms with van der Waals surface area (Å²) < 4.78 is 32.8. The second-order valence-corrected chi connectivity index (χ2v) is 7.51. The van der Waals surface area contributed by atoms with Gasteiger partial charge in [0.25, 0.3) is 10.0 Å². The van der Waals surface area contributed by atoms with Gasteiger partial charge in [0.2, 0.25) is 5.88 Å². The smallest absolute Gasteiger partial charge is 0.262 e. The average Bonchev–Trinajstić information content (AvgIpc) is 3.12. The van der Waals surface area contributed by atoms with Crippen LogP contribution in [0.3, 0.4) is 0 Å². The largest absolute Gasteiger partial charge is 0.481 e. The van der Waals surface area contributed by atoms with Gasteiger partial charge in [-0.1, -0.05) is 30.3 Å². The van der Waals surface area contributed by atoms with E-state index in [1.165, 1.54) is 19.4 Å². The van der Waals surface area contributed by atoms with Gasteiger partial charge in [-0.15, -0.1) is 0 Å². The summed E-state index contributed by atoms with van der Waals surface area (Å²) in [6.45, 7) is 0. The van der Waals surface area contributed by atoms with E-state index in [1.54, 1.807) is 24.3 Å². The van der Waals surface area contributed by atoms with E-state index in [2.05, 4.69) is 19.7 Å². The van der Waals surface area contributed by atoms with E-state index >= 15 is 0 Å². The predicted octanol–water partition coefficient (Wildman–Crippen LogP) is 3.43. The highest BCUT2D eigenvalue weighted by Crippen LogP contribution is 2.24. The molecule has 27 heavy (non-hydrogen) atoms. The first-order valence-electron chi connectivity index (χ1n) is 8.13. The van der Waals surface area contributed by atoms with Crippen LogP contribution in [0, 0.1) is 0 Å². The normalized spacial score (nSPS) is 11.4. The summed E-state index contributed by atoms with van der Waals surface area (Å²) in [7, 11) is -2.26. The number of hydrogen-bond donors (Lipinski definition) is 2. The van der Waals surface area contributed by atoms with Crippen LogP contribution in [-0.2, 0) is 10.0 Å². The molecule has 4 rings (SSSR count). The number of ether oxygens (including phenoxy) is 1. The molecule has 0 saturated carbocycles. The quantitative estimate of drug-likeness (QED) is 0.553. The number of fused-ring (bicyclic) bond motifs is 1. The molecule has 0 atom stereocenters. The molecular weight excluding hydrogens is 364 g/mol. The first-order valence-corrected chi connectivity index (χ1v) is 9.61. The fourth-order valence-corrected chi connectivity index (χ4v) is 3.73. The van der Waals surface area contributed by atoms with Crippen molar-refractivity contribution >= 4 is 26.7 Å². The Hall–Kier alpha value is -3.39. The molecule has 0 saturated heterocycles. The van der Waals surface area contributed by atoms with Gasteiger partial charge in [0.1, 0.15) is 5.82 Å². The van der Waals surface area contributed by atoms with Crippen molar-refractivity contribution in [1.82, 2.24) is 15.0 Å². The van der Waals surface area contributed by atoms with Crippen molar-refractivity contribution in [3.8, 4) is 17.3 Å². The van der Waals surface area contributed by atoms with E-state index < -0.39 is 10.0 Å². The standard InChI is InChI=1S/C19H16N4O3S/c1-26-18-10-7-14(12-20-18)23-27(24,25)15-8-9-16-17(11-15)22-19(21-16)13-5-3-2-4-6-13/h2-12,23H,1H3,(H,21,22). The zero-order valence-corrected chi connectivity index (χ0v) is 15.2. The Balaban J connectivity index is 1.66. The predicted molar refractivity (Wildman–Crippen MR) is 103 cm³/mol. The Morgan fingerprint density at radius 2 is 1.85 bits per heavy atom. The molecule has 2 aromatic heterocycles. The molecule has 2 aromatic carbocycles. The van der Waals surface area contributed by atoms with E-state index in [9.17, 15) is 8.42 Å². The van der Waals surface area contributed by atoms with Crippen LogP contribution in [-0.4, -0.2) is 30.5 Å². The van der Waals surface area contributed by atoms with Crippen molar-refractivity contribution in [2.24, 2.45) is 0 Å². The lowest BCUT2D eigenvalue weighted by molar-refractivity contribution is 0.398. The zero-order chi connectivity index (χ0) is 18.9. The molecule has 8 heteroatoms. The van der Waals surface area contributed by atoms with Gasteiger partial charge in [0, 0.05) is 11.6 Å². The first-order chi connectivity index (χ1) is 13.0. The number of pyridine rings is 1. The van der Waals surface area contributed by atoms with E-state index in [0.717, 1.165) is 5.56 Å². The molecule has 0 aliphatic rings. The number of imidazole rings is 1. The fourth-order valence-electron chi connectivity index (χ4n) is 2.66. The van der Waals surface area contributed by atoms with Crippen molar-refractivity contribution in [2.45, 2.75) is 4.90 Å². The van der Waals surface area contributed by atoms with Gasteiger partial charge in [0.05, 0.1) is 34.9 Å². The van der Waals surface area contributed by atoms with Crippen molar-refractivity contribution in [2.75, 3.05) is 11.8 Å². The van der Waals surface area contributed by atoms with Gasteiger partial charge in [-0.25, -0.2) is 18.4 Å². The Labute approximate surface area is 156 Å².